The van der Waals surface area contributed by atoms with Gasteiger partial charge in [0.15, 0.2) is 0 Å². The highest BCUT2D eigenvalue weighted by Crippen LogP contribution is 2.26. The third-order valence-electron chi connectivity index (χ3n) is 5.34. The number of carbonyl (C=O) groups is 4. The molecule has 186 valence electrons. The third-order valence-corrected chi connectivity index (χ3v) is 6.65. The third kappa shape index (κ3) is 7.49. The molecule has 0 saturated heterocycles. The van der Waals surface area contributed by atoms with E-state index < -0.39 is 35.9 Å². The number of rotatable bonds is 12. The van der Waals surface area contributed by atoms with Crippen LogP contribution in [0.5, 0.6) is 0 Å². The summed E-state index contributed by atoms with van der Waals surface area (Å²) in [5, 5.41) is 18.5. The van der Waals surface area contributed by atoms with Crippen LogP contribution in [0, 0.1) is 5.92 Å². The first-order valence-electron chi connectivity index (χ1n) is 10.9. The van der Waals surface area contributed by atoms with Crippen molar-refractivity contribution in [2.75, 3.05) is 12.0 Å². The van der Waals surface area contributed by atoms with Crippen LogP contribution in [0.1, 0.15) is 32.8 Å². The van der Waals surface area contributed by atoms with Gasteiger partial charge in [0.25, 0.3) is 0 Å². The molecule has 0 fully saturated rings. The molecule has 1 aromatic carbocycles. The standard InChI is InChI=1S/C23H31BrN4O5S/c1-12(2)19(28-21(30)17(8-9-34-4)26-13(3)29)22(31)27-18(23(32)33)10-14-11-25-20-15(14)6-5-7-16(20)24/h5-7,11-12,17-19,25H,8-10H2,1-4H3,(H,26,29)(H,27,31)(H,28,30)(H,32,33)/t17-,18-,19-/m0/s1. The highest BCUT2D eigenvalue weighted by molar-refractivity contribution is 9.10. The van der Waals surface area contributed by atoms with Gasteiger partial charge in [0.05, 0.1) is 5.52 Å². The van der Waals surface area contributed by atoms with Crippen molar-refractivity contribution in [2.24, 2.45) is 5.92 Å². The van der Waals surface area contributed by atoms with Crippen molar-refractivity contribution in [3.8, 4) is 0 Å². The summed E-state index contributed by atoms with van der Waals surface area (Å²) < 4.78 is 0.852. The molecular weight excluding hydrogens is 524 g/mol. The minimum atomic E-state index is -1.19. The quantitative estimate of drug-likeness (QED) is 0.273. The molecule has 34 heavy (non-hydrogen) atoms. The number of hydrogen-bond acceptors (Lipinski definition) is 5. The Hall–Kier alpha value is -2.53. The van der Waals surface area contributed by atoms with Crippen LogP contribution in [0.25, 0.3) is 10.9 Å². The molecule has 9 nitrogen and oxygen atoms in total. The lowest BCUT2D eigenvalue weighted by atomic mass is 10.0. The van der Waals surface area contributed by atoms with Crippen molar-refractivity contribution in [2.45, 2.75) is 51.7 Å². The maximum Gasteiger partial charge on any atom is 0.326 e. The fourth-order valence-electron chi connectivity index (χ4n) is 3.56. The van der Waals surface area contributed by atoms with Crippen LogP contribution in [0.2, 0.25) is 0 Å². The summed E-state index contributed by atoms with van der Waals surface area (Å²) in [6, 6.07) is 2.68. The van der Waals surface area contributed by atoms with E-state index in [9.17, 15) is 24.3 Å². The lowest BCUT2D eigenvalue weighted by Gasteiger charge is -2.26. The lowest BCUT2D eigenvalue weighted by Crippen LogP contribution is -2.57. The van der Waals surface area contributed by atoms with Crippen LogP contribution in [-0.2, 0) is 25.6 Å². The minimum absolute atomic E-state index is 0.0680. The number of aromatic nitrogens is 1. The summed E-state index contributed by atoms with van der Waals surface area (Å²) in [4.78, 5) is 52.5. The molecule has 2 aromatic rings. The van der Waals surface area contributed by atoms with Gasteiger partial charge in [0, 0.05) is 29.4 Å². The average molecular weight is 555 g/mol. The lowest BCUT2D eigenvalue weighted by molar-refractivity contribution is -0.142. The predicted molar refractivity (Wildman–Crippen MR) is 137 cm³/mol. The number of carboxylic acid groups (broad SMARTS) is 1. The highest BCUT2D eigenvalue weighted by Gasteiger charge is 2.31. The molecule has 0 spiro atoms. The van der Waals surface area contributed by atoms with Crippen LogP contribution in [0.4, 0.5) is 0 Å². The Balaban J connectivity index is 2.16. The van der Waals surface area contributed by atoms with E-state index in [0.717, 1.165) is 20.9 Å². The highest BCUT2D eigenvalue weighted by atomic mass is 79.9. The van der Waals surface area contributed by atoms with Crippen LogP contribution >= 0.6 is 27.7 Å². The van der Waals surface area contributed by atoms with Gasteiger partial charge in [-0.15, -0.1) is 0 Å². The van der Waals surface area contributed by atoms with Crippen molar-refractivity contribution in [3.63, 3.8) is 0 Å². The molecule has 0 radical (unpaired) electrons. The fraction of sp³-hybridized carbons (Fsp3) is 0.478. The second-order valence-electron chi connectivity index (χ2n) is 8.34. The van der Waals surface area contributed by atoms with E-state index in [4.69, 9.17) is 0 Å². The monoisotopic (exact) mass is 554 g/mol. The maximum absolute atomic E-state index is 13.0. The summed E-state index contributed by atoms with van der Waals surface area (Å²) >= 11 is 5.00. The molecule has 2 rings (SSSR count). The van der Waals surface area contributed by atoms with Crippen LogP contribution < -0.4 is 16.0 Å². The first kappa shape index (κ1) is 27.7. The molecule has 0 aliphatic carbocycles. The topological polar surface area (TPSA) is 140 Å². The van der Waals surface area contributed by atoms with Crippen molar-refractivity contribution in [1.82, 2.24) is 20.9 Å². The number of benzene rings is 1. The number of carboxylic acids is 1. The molecule has 1 aromatic heterocycles. The van der Waals surface area contributed by atoms with Crippen LogP contribution in [0.15, 0.2) is 28.9 Å². The molecule has 0 aliphatic heterocycles. The fourth-order valence-corrected chi connectivity index (χ4v) is 4.52. The second kappa shape index (κ2) is 12.8. The van der Waals surface area contributed by atoms with Gasteiger partial charge in [-0.1, -0.05) is 26.0 Å². The second-order valence-corrected chi connectivity index (χ2v) is 10.2. The number of H-pyrrole nitrogens is 1. The zero-order valence-electron chi connectivity index (χ0n) is 19.6. The molecule has 1 heterocycles. The molecule has 5 N–H and O–H groups in total. The number of nitrogens with one attached hydrogen (secondary N) is 4. The van der Waals surface area contributed by atoms with Gasteiger partial charge in [0.1, 0.15) is 18.1 Å². The largest absolute Gasteiger partial charge is 0.480 e. The molecule has 0 aliphatic rings. The number of aromatic amines is 1. The van der Waals surface area contributed by atoms with Gasteiger partial charge in [-0.05, 0) is 51.9 Å². The number of halogens is 1. The molecule has 0 saturated carbocycles. The Bertz CT molecular complexity index is 1040. The van der Waals surface area contributed by atoms with E-state index in [1.54, 1.807) is 20.0 Å². The first-order chi connectivity index (χ1) is 16.0. The summed E-state index contributed by atoms with van der Waals surface area (Å²) in [5.41, 5.74) is 1.59. The van der Waals surface area contributed by atoms with E-state index in [-0.39, 0.29) is 18.2 Å². The van der Waals surface area contributed by atoms with Gasteiger partial charge in [-0.3, -0.25) is 14.4 Å². The number of thioether (sulfide) groups is 1. The SMILES string of the molecule is CSCC[C@H](NC(C)=O)C(=O)N[C@H](C(=O)N[C@@H](Cc1c[nH]c2c(Br)cccc12)C(=O)O)C(C)C. The van der Waals surface area contributed by atoms with Crippen molar-refractivity contribution in [3.05, 3.63) is 34.4 Å². The molecular formula is C23H31BrN4O5S. The molecule has 0 unspecified atom stereocenters. The Labute approximate surface area is 211 Å². The Kier molecular flexibility index (Phi) is 10.4. The van der Waals surface area contributed by atoms with Crippen molar-refractivity contribution in [1.29, 1.82) is 0 Å². The van der Waals surface area contributed by atoms with Gasteiger partial charge >= 0.3 is 5.97 Å². The smallest absolute Gasteiger partial charge is 0.326 e. The van der Waals surface area contributed by atoms with Gasteiger partial charge in [-0.25, -0.2) is 4.79 Å². The number of carbonyl (C=O) groups excluding carboxylic acids is 3. The summed E-state index contributed by atoms with van der Waals surface area (Å²) in [6.45, 7) is 4.84. The van der Waals surface area contributed by atoms with Gasteiger partial charge in [-0.2, -0.15) is 11.8 Å². The number of hydrogen-bond donors (Lipinski definition) is 5. The van der Waals surface area contributed by atoms with E-state index >= 15 is 0 Å². The number of fused-ring (bicyclic) bond motifs is 1. The Morgan fingerprint density at radius 3 is 2.38 bits per heavy atom. The Morgan fingerprint density at radius 1 is 1.09 bits per heavy atom. The summed E-state index contributed by atoms with van der Waals surface area (Å²) in [6.07, 6.45) is 4.10. The molecule has 3 atom stereocenters. The number of amides is 3. The minimum Gasteiger partial charge on any atom is -0.480 e. The zero-order chi connectivity index (χ0) is 25.4. The Morgan fingerprint density at radius 2 is 1.79 bits per heavy atom. The van der Waals surface area contributed by atoms with Crippen molar-refractivity contribution >= 4 is 62.3 Å². The summed E-state index contributed by atoms with van der Waals surface area (Å²) in [7, 11) is 0. The number of para-hydroxylation sites is 1. The summed E-state index contributed by atoms with van der Waals surface area (Å²) in [5.74, 6) is -2.25. The van der Waals surface area contributed by atoms with Gasteiger partial charge < -0.3 is 26.0 Å². The number of aliphatic carboxylic acids is 1. The van der Waals surface area contributed by atoms with E-state index in [1.165, 1.54) is 18.7 Å². The predicted octanol–water partition coefficient (Wildman–Crippen LogP) is 2.44. The van der Waals surface area contributed by atoms with E-state index in [1.807, 2.05) is 24.5 Å². The average Bonchev–Trinajstić information content (AvgIpc) is 3.17. The van der Waals surface area contributed by atoms with E-state index in [2.05, 4.69) is 36.9 Å². The van der Waals surface area contributed by atoms with E-state index in [0.29, 0.717) is 12.2 Å². The normalized spacial score (nSPS) is 13.8. The molecule has 3 amide bonds. The van der Waals surface area contributed by atoms with Crippen LogP contribution in [0.3, 0.4) is 0 Å². The zero-order valence-corrected chi connectivity index (χ0v) is 22.0. The van der Waals surface area contributed by atoms with Gasteiger partial charge in [0.2, 0.25) is 17.7 Å². The molecule has 11 heteroatoms. The van der Waals surface area contributed by atoms with Crippen LogP contribution in [-0.4, -0.2) is 63.9 Å². The first-order valence-corrected chi connectivity index (χ1v) is 13.1. The maximum atomic E-state index is 13.0. The molecule has 0 bridgehead atoms. The van der Waals surface area contributed by atoms with Crippen molar-refractivity contribution < 1.29 is 24.3 Å².